The lowest BCUT2D eigenvalue weighted by Gasteiger charge is -2.15. The van der Waals surface area contributed by atoms with E-state index in [2.05, 4.69) is 186 Å². The molecule has 0 radical (unpaired) electrons. The largest absolute Gasteiger partial charge is 0.253 e. The molecule has 1 aliphatic carbocycles. The highest BCUT2D eigenvalue weighted by Crippen LogP contribution is 2.48. The van der Waals surface area contributed by atoms with Crippen LogP contribution in [0, 0.1) is 13.8 Å². The average molecular weight is 782 g/mol. The van der Waals surface area contributed by atoms with Crippen LogP contribution >= 0.6 is 11.8 Å². The van der Waals surface area contributed by atoms with E-state index in [4.69, 9.17) is 15.0 Å². The molecule has 3 nitrogen and oxygen atoms in total. The number of allylic oxidation sites excluding steroid dienone is 4. The fraction of sp³-hybridized carbons (Fsp3) is 0.109. The molecule has 288 valence electrons. The van der Waals surface area contributed by atoms with Gasteiger partial charge in [0.05, 0.1) is 17.1 Å². The molecule has 7 aromatic rings. The zero-order chi connectivity index (χ0) is 40.9. The monoisotopic (exact) mass is 781 g/mol. The van der Waals surface area contributed by atoms with Crippen molar-refractivity contribution < 1.29 is 0 Å². The van der Waals surface area contributed by atoms with Crippen molar-refractivity contribution in [2.45, 2.75) is 43.8 Å². The number of nitrogens with zero attached hydrogens (tertiary/aromatic N) is 3. The maximum Gasteiger partial charge on any atom is 0.160 e. The van der Waals surface area contributed by atoms with Crippen molar-refractivity contribution >= 4 is 28.7 Å². The summed E-state index contributed by atoms with van der Waals surface area (Å²) >= 11 is 1.96. The van der Waals surface area contributed by atoms with Crippen molar-refractivity contribution in [2.24, 2.45) is 4.99 Å². The van der Waals surface area contributed by atoms with E-state index in [1.807, 2.05) is 43.0 Å². The van der Waals surface area contributed by atoms with Crippen LogP contribution in [0.1, 0.15) is 53.1 Å². The van der Waals surface area contributed by atoms with Gasteiger partial charge in [-0.25, -0.2) is 9.97 Å². The fourth-order valence-corrected chi connectivity index (χ4v) is 8.94. The van der Waals surface area contributed by atoms with Gasteiger partial charge in [-0.15, -0.1) is 11.8 Å². The molecule has 2 unspecified atom stereocenters. The highest BCUT2D eigenvalue weighted by molar-refractivity contribution is 8.00. The molecule has 59 heavy (non-hydrogen) atoms. The Morgan fingerprint density at radius 2 is 1.15 bits per heavy atom. The summed E-state index contributed by atoms with van der Waals surface area (Å²) in [4.78, 5) is 16.2. The van der Waals surface area contributed by atoms with E-state index < -0.39 is 0 Å². The van der Waals surface area contributed by atoms with E-state index in [1.165, 1.54) is 32.7 Å². The topological polar surface area (TPSA) is 38.1 Å². The molecule has 0 saturated carbocycles. The van der Waals surface area contributed by atoms with Gasteiger partial charge in [0.15, 0.2) is 5.82 Å². The van der Waals surface area contributed by atoms with Crippen LogP contribution in [0.5, 0.6) is 0 Å². The summed E-state index contributed by atoms with van der Waals surface area (Å²) in [5.41, 5.74) is 17.5. The van der Waals surface area contributed by atoms with Crippen LogP contribution in [0.25, 0.3) is 56.3 Å². The minimum atomic E-state index is 0.469. The Balaban J connectivity index is 0.000000164. The van der Waals surface area contributed by atoms with E-state index in [1.54, 1.807) is 0 Å². The number of hydrogen-bond donors (Lipinski definition) is 0. The molecule has 6 aromatic carbocycles. The van der Waals surface area contributed by atoms with Gasteiger partial charge >= 0.3 is 0 Å². The third-order valence-corrected chi connectivity index (χ3v) is 12.3. The Kier molecular flexibility index (Phi) is 11.6. The van der Waals surface area contributed by atoms with E-state index in [-0.39, 0.29) is 0 Å². The summed E-state index contributed by atoms with van der Waals surface area (Å²) in [5.74, 6) is 1.21. The summed E-state index contributed by atoms with van der Waals surface area (Å²) in [6.45, 7) is 16.6. The molecule has 0 spiro atoms. The minimum absolute atomic E-state index is 0.469. The van der Waals surface area contributed by atoms with Crippen LogP contribution in [0.15, 0.2) is 199 Å². The van der Waals surface area contributed by atoms with Gasteiger partial charge in [0.2, 0.25) is 0 Å². The van der Waals surface area contributed by atoms with Crippen molar-refractivity contribution in [1.29, 1.82) is 0 Å². The molecular formula is C55H47N3S. The molecule has 0 amide bonds. The van der Waals surface area contributed by atoms with Gasteiger partial charge in [-0.2, -0.15) is 0 Å². The molecule has 0 fully saturated rings. The second kappa shape index (κ2) is 17.5. The van der Waals surface area contributed by atoms with Crippen molar-refractivity contribution in [2.75, 3.05) is 0 Å². The molecule has 1 aromatic heterocycles. The molecule has 2 aliphatic rings. The van der Waals surface area contributed by atoms with Crippen LogP contribution < -0.4 is 0 Å². The number of thioether (sulfide) groups is 1. The van der Waals surface area contributed by atoms with Crippen LogP contribution in [0.2, 0.25) is 0 Å². The van der Waals surface area contributed by atoms with Gasteiger partial charge < -0.3 is 0 Å². The maximum atomic E-state index is 5.00. The Labute approximate surface area is 353 Å². The predicted molar refractivity (Wildman–Crippen MR) is 253 cm³/mol. The first-order valence-corrected chi connectivity index (χ1v) is 20.9. The van der Waals surface area contributed by atoms with Crippen LogP contribution in [-0.4, -0.2) is 20.9 Å². The summed E-state index contributed by atoms with van der Waals surface area (Å²) in [6, 6.07) is 52.6. The van der Waals surface area contributed by atoms with Crippen molar-refractivity contribution in [3.63, 3.8) is 0 Å². The number of rotatable bonds is 8. The van der Waals surface area contributed by atoms with Gasteiger partial charge in [0.1, 0.15) is 0 Å². The number of benzene rings is 6. The number of aryl methyl sites for hydroxylation is 1. The third-order valence-electron chi connectivity index (χ3n) is 11.0. The summed E-state index contributed by atoms with van der Waals surface area (Å²) in [5, 5.41) is 0.524. The highest BCUT2D eigenvalue weighted by Gasteiger charge is 2.31. The Bertz CT molecular complexity index is 2740. The third kappa shape index (κ3) is 8.65. The molecule has 4 heteroatoms. The first kappa shape index (κ1) is 39.2. The van der Waals surface area contributed by atoms with E-state index in [9.17, 15) is 0 Å². The average Bonchev–Trinajstić information content (AvgIpc) is 3.66. The van der Waals surface area contributed by atoms with Gasteiger partial charge in [0, 0.05) is 44.0 Å². The Hall–Kier alpha value is -6.62. The van der Waals surface area contributed by atoms with Crippen LogP contribution in [0.3, 0.4) is 0 Å². The molecule has 0 N–H and O–H groups in total. The first-order chi connectivity index (χ1) is 28.7. The molecular weight excluding hydrogens is 735 g/mol. The van der Waals surface area contributed by atoms with E-state index in [0.29, 0.717) is 11.2 Å². The lowest BCUT2D eigenvalue weighted by atomic mass is 9.91. The second-order valence-electron chi connectivity index (χ2n) is 15.1. The molecule has 2 heterocycles. The zero-order valence-electron chi connectivity index (χ0n) is 34.1. The molecule has 2 atom stereocenters. The number of aromatic nitrogens is 2. The number of aliphatic imine (C=N–C) groups is 1. The quantitative estimate of drug-likeness (QED) is 0.144. The molecule has 0 saturated heterocycles. The normalized spacial score (nSPS) is 15.2. The van der Waals surface area contributed by atoms with Crippen molar-refractivity contribution in [3.05, 3.63) is 223 Å². The smallest absolute Gasteiger partial charge is 0.160 e. The van der Waals surface area contributed by atoms with Crippen LogP contribution in [0.4, 0.5) is 0 Å². The van der Waals surface area contributed by atoms with Crippen molar-refractivity contribution in [1.82, 2.24) is 9.97 Å². The fourth-order valence-electron chi connectivity index (χ4n) is 7.61. The van der Waals surface area contributed by atoms with Crippen LogP contribution in [-0.2, 0) is 0 Å². The summed E-state index contributed by atoms with van der Waals surface area (Å²) in [6.07, 6.45) is 8.93. The standard InChI is InChI=1S/C28H23NS.C27H24N2/c1-19(21-12-14-23(15-13-21)22-8-4-3-5-9-22)29-20(2)24-16-17-28-26(18-24)25-10-6-7-11-27(25)30-28;1-18(2)21-14-16-23(17-15-21)27-28-25(22-11-6-5-7-12-22)20(4)26(29-27)24-13-9-8-10-19(24)3/h3-18,25,27H,1H2,2H3;5-17H,1H2,2-4H3. The van der Waals surface area contributed by atoms with E-state index >= 15 is 0 Å². The maximum absolute atomic E-state index is 5.00. The SMILES string of the molecule is C=C(C)c1ccc(-c2nc(-c3ccccc3)c(C)c(-c3ccccc3C)n2)cc1.C=C(N=C(C)c1ccc2c(c1)C1C=CC=CC1S2)c1ccc(-c2ccccc2)cc1. The molecule has 9 rings (SSSR count). The lowest BCUT2D eigenvalue weighted by molar-refractivity contribution is 0.880. The van der Waals surface area contributed by atoms with Gasteiger partial charge in [-0.3, -0.25) is 4.99 Å². The highest BCUT2D eigenvalue weighted by atomic mass is 32.2. The summed E-state index contributed by atoms with van der Waals surface area (Å²) < 4.78 is 0. The number of hydrogen-bond acceptors (Lipinski definition) is 4. The Morgan fingerprint density at radius 1 is 0.576 bits per heavy atom. The molecule has 0 bridgehead atoms. The van der Waals surface area contributed by atoms with Gasteiger partial charge in [-0.05, 0) is 78.8 Å². The van der Waals surface area contributed by atoms with Crippen molar-refractivity contribution in [3.8, 4) is 45.0 Å². The van der Waals surface area contributed by atoms with Gasteiger partial charge in [-0.1, -0.05) is 183 Å². The number of fused-ring (bicyclic) bond motifs is 3. The van der Waals surface area contributed by atoms with Gasteiger partial charge in [0.25, 0.3) is 0 Å². The predicted octanol–water partition coefficient (Wildman–Crippen LogP) is 14.6. The molecule has 1 aliphatic heterocycles. The lowest BCUT2D eigenvalue weighted by Crippen LogP contribution is -2.07. The Morgan fingerprint density at radius 3 is 1.85 bits per heavy atom. The zero-order valence-corrected chi connectivity index (χ0v) is 34.9. The first-order valence-electron chi connectivity index (χ1n) is 20.1. The van der Waals surface area contributed by atoms with E-state index in [0.717, 1.165) is 67.6 Å². The minimum Gasteiger partial charge on any atom is -0.253 e. The summed E-state index contributed by atoms with van der Waals surface area (Å²) in [7, 11) is 0. The second-order valence-corrected chi connectivity index (χ2v) is 16.3.